The molecule has 0 radical (unpaired) electrons. The SMILES string of the molecule is NC(N)=NNc1ncnc2sc3c(c12)CCCCC3. The highest BCUT2D eigenvalue weighted by molar-refractivity contribution is 7.18. The molecule has 7 heteroatoms. The summed E-state index contributed by atoms with van der Waals surface area (Å²) >= 11 is 1.76. The number of nitrogens with two attached hydrogens (primary N) is 2. The molecule has 0 saturated carbocycles. The van der Waals surface area contributed by atoms with E-state index in [0.717, 1.165) is 23.1 Å². The summed E-state index contributed by atoms with van der Waals surface area (Å²) in [7, 11) is 0. The van der Waals surface area contributed by atoms with Crippen molar-refractivity contribution in [2.75, 3.05) is 5.43 Å². The van der Waals surface area contributed by atoms with Crippen molar-refractivity contribution in [2.45, 2.75) is 32.1 Å². The van der Waals surface area contributed by atoms with E-state index in [0.29, 0.717) is 5.82 Å². The highest BCUT2D eigenvalue weighted by atomic mass is 32.1. The predicted octanol–water partition coefficient (Wildman–Crippen LogP) is 1.56. The van der Waals surface area contributed by atoms with Crippen molar-refractivity contribution in [3.63, 3.8) is 0 Å². The van der Waals surface area contributed by atoms with Crippen LogP contribution in [0.15, 0.2) is 11.4 Å². The molecule has 0 aliphatic heterocycles. The molecule has 1 aliphatic rings. The summed E-state index contributed by atoms with van der Waals surface area (Å²) in [4.78, 5) is 11.1. The molecular formula is C12H16N6S. The maximum atomic E-state index is 5.35. The van der Waals surface area contributed by atoms with Gasteiger partial charge >= 0.3 is 0 Å². The zero-order chi connectivity index (χ0) is 13.2. The van der Waals surface area contributed by atoms with Crippen LogP contribution in [0.1, 0.15) is 29.7 Å². The number of fused-ring (bicyclic) bond motifs is 3. The molecule has 19 heavy (non-hydrogen) atoms. The van der Waals surface area contributed by atoms with E-state index in [1.165, 1.54) is 29.7 Å². The molecule has 0 atom stereocenters. The Morgan fingerprint density at radius 2 is 2.05 bits per heavy atom. The summed E-state index contributed by atoms with van der Waals surface area (Å²) in [5, 5.41) is 4.91. The number of nitrogens with zero attached hydrogens (tertiary/aromatic N) is 3. The van der Waals surface area contributed by atoms with Gasteiger partial charge < -0.3 is 11.5 Å². The van der Waals surface area contributed by atoms with Gasteiger partial charge in [-0.15, -0.1) is 16.4 Å². The van der Waals surface area contributed by atoms with Gasteiger partial charge in [-0.2, -0.15) is 0 Å². The number of hydrogen-bond donors (Lipinski definition) is 3. The Hall–Kier alpha value is -1.89. The van der Waals surface area contributed by atoms with E-state index in [4.69, 9.17) is 11.5 Å². The fourth-order valence-corrected chi connectivity index (χ4v) is 3.70. The van der Waals surface area contributed by atoms with Gasteiger partial charge in [0.15, 0.2) is 5.82 Å². The maximum absolute atomic E-state index is 5.35. The summed E-state index contributed by atoms with van der Waals surface area (Å²) in [6, 6.07) is 0. The molecule has 0 unspecified atom stereocenters. The van der Waals surface area contributed by atoms with Crippen molar-refractivity contribution in [3.8, 4) is 0 Å². The van der Waals surface area contributed by atoms with Crippen molar-refractivity contribution >= 4 is 33.3 Å². The van der Waals surface area contributed by atoms with E-state index < -0.39 is 0 Å². The summed E-state index contributed by atoms with van der Waals surface area (Å²) < 4.78 is 0. The predicted molar refractivity (Wildman–Crippen MR) is 78.1 cm³/mol. The number of anilines is 1. The van der Waals surface area contributed by atoms with E-state index in [-0.39, 0.29) is 5.96 Å². The van der Waals surface area contributed by atoms with Gasteiger partial charge in [0, 0.05) is 4.88 Å². The number of thiophene rings is 1. The Labute approximate surface area is 114 Å². The Balaban J connectivity index is 2.12. The lowest BCUT2D eigenvalue weighted by Crippen LogP contribution is -2.24. The van der Waals surface area contributed by atoms with E-state index in [1.807, 2.05) is 0 Å². The highest BCUT2D eigenvalue weighted by Crippen LogP contribution is 2.37. The summed E-state index contributed by atoms with van der Waals surface area (Å²) in [5.74, 6) is 0.686. The lowest BCUT2D eigenvalue weighted by atomic mass is 10.1. The van der Waals surface area contributed by atoms with Crippen LogP contribution in [0, 0.1) is 0 Å². The van der Waals surface area contributed by atoms with Crippen LogP contribution in [-0.4, -0.2) is 15.9 Å². The van der Waals surface area contributed by atoms with Crippen LogP contribution < -0.4 is 16.9 Å². The van der Waals surface area contributed by atoms with Crippen molar-refractivity contribution in [1.29, 1.82) is 0 Å². The smallest absolute Gasteiger partial charge is 0.208 e. The van der Waals surface area contributed by atoms with E-state index in [9.17, 15) is 0 Å². The van der Waals surface area contributed by atoms with Crippen LogP contribution in [0.5, 0.6) is 0 Å². The first-order chi connectivity index (χ1) is 9.25. The molecule has 0 saturated heterocycles. The zero-order valence-electron chi connectivity index (χ0n) is 10.5. The third-order valence-electron chi connectivity index (χ3n) is 3.29. The number of rotatable bonds is 2. The minimum Gasteiger partial charge on any atom is -0.369 e. The first-order valence-corrected chi connectivity index (χ1v) is 7.17. The molecule has 0 spiro atoms. The molecule has 2 heterocycles. The number of hydrogen-bond acceptors (Lipinski definition) is 5. The molecule has 6 nitrogen and oxygen atoms in total. The van der Waals surface area contributed by atoms with Crippen LogP contribution in [0.2, 0.25) is 0 Å². The van der Waals surface area contributed by atoms with Gasteiger partial charge in [0.25, 0.3) is 0 Å². The van der Waals surface area contributed by atoms with E-state index >= 15 is 0 Å². The average molecular weight is 276 g/mol. The van der Waals surface area contributed by atoms with Crippen molar-refractivity contribution in [2.24, 2.45) is 16.6 Å². The largest absolute Gasteiger partial charge is 0.369 e. The highest BCUT2D eigenvalue weighted by Gasteiger charge is 2.18. The molecule has 100 valence electrons. The van der Waals surface area contributed by atoms with Gasteiger partial charge in [-0.25, -0.2) is 9.97 Å². The minimum absolute atomic E-state index is 0.00641. The topological polar surface area (TPSA) is 102 Å². The second-order valence-electron chi connectivity index (χ2n) is 4.62. The average Bonchev–Trinajstić information content (AvgIpc) is 2.59. The Bertz CT molecular complexity index is 628. The molecule has 0 amide bonds. The van der Waals surface area contributed by atoms with Crippen LogP contribution in [-0.2, 0) is 12.8 Å². The van der Waals surface area contributed by atoms with Crippen molar-refractivity contribution in [3.05, 3.63) is 16.8 Å². The van der Waals surface area contributed by atoms with Gasteiger partial charge in [-0.3, -0.25) is 5.43 Å². The Morgan fingerprint density at radius 1 is 1.21 bits per heavy atom. The minimum atomic E-state index is -0.00641. The Kier molecular flexibility index (Phi) is 3.20. The van der Waals surface area contributed by atoms with Crippen LogP contribution in [0.4, 0.5) is 5.82 Å². The fraction of sp³-hybridized carbons (Fsp3) is 0.417. The van der Waals surface area contributed by atoms with Gasteiger partial charge in [-0.05, 0) is 31.2 Å². The van der Waals surface area contributed by atoms with Crippen molar-refractivity contribution in [1.82, 2.24) is 9.97 Å². The number of hydrazone groups is 1. The molecule has 2 aromatic rings. The zero-order valence-corrected chi connectivity index (χ0v) is 11.3. The van der Waals surface area contributed by atoms with Gasteiger partial charge in [0.05, 0.1) is 5.39 Å². The molecule has 0 aromatic carbocycles. The van der Waals surface area contributed by atoms with Gasteiger partial charge in [-0.1, -0.05) is 6.42 Å². The summed E-state index contributed by atoms with van der Waals surface area (Å²) in [5.41, 5.74) is 14.9. The van der Waals surface area contributed by atoms with E-state index in [1.54, 1.807) is 17.7 Å². The number of aryl methyl sites for hydroxylation is 2. The molecule has 0 bridgehead atoms. The first-order valence-electron chi connectivity index (χ1n) is 6.35. The van der Waals surface area contributed by atoms with Gasteiger partial charge in [0.2, 0.25) is 5.96 Å². The van der Waals surface area contributed by atoms with Crippen LogP contribution in [0.25, 0.3) is 10.2 Å². The monoisotopic (exact) mass is 276 g/mol. The standard InChI is InChI=1S/C12H16N6S/c13-12(14)18-17-10-9-7-4-2-1-3-5-8(7)19-11(9)16-6-15-10/h6H,1-5H2,(H4,13,14,18)(H,15,16,17). The molecule has 1 aliphatic carbocycles. The molecule has 2 aromatic heterocycles. The Morgan fingerprint density at radius 3 is 2.89 bits per heavy atom. The number of nitrogens with one attached hydrogen (secondary N) is 1. The van der Waals surface area contributed by atoms with Gasteiger partial charge in [0.1, 0.15) is 11.2 Å². The first kappa shape index (κ1) is 12.2. The second kappa shape index (κ2) is 5.00. The fourth-order valence-electron chi connectivity index (χ4n) is 2.47. The van der Waals surface area contributed by atoms with Crippen LogP contribution >= 0.6 is 11.3 Å². The molecule has 0 fully saturated rings. The molecule has 3 rings (SSSR count). The quantitative estimate of drug-likeness (QED) is 0.334. The summed E-state index contributed by atoms with van der Waals surface area (Å²) in [6.45, 7) is 0. The number of aromatic nitrogens is 2. The third kappa shape index (κ3) is 2.33. The normalized spacial score (nSPS) is 14.7. The molecule has 5 N–H and O–H groups in total. The maximum Gasteiger partial charge on any atom is 0.208 e. The molecular weight excluding hydrogens is 260 g/mol. The van der Waals surface area contributed by atoms with Crippen LogP contribution in [0.3, 0.4) is 0 Å². The lowest BCUT2D eigenvalue weighted by molar-refractivity contribution is 0.713. The second-order valence-corrected chi connectivity index (χ2v) is 5.70. The summed E-state index contributed by atoms with van der Waals surface area (Å²) in [6.07, 6.45) is 7.52. The third-order valence-corrected chi connectivity index (χ3v) is 4.49. The van der Waals surface area contributed by atoms with Crippen molar-refractivity contribution < 1.29 is 0 Å². The van der Waals surface area contributed by atoms with E-state index in [2.05, 4.69) is 20.5 Å². The number of guanidine groups is 1. The lowest BCUT2D eigenvalue weighted by Gasteiger charge is -2.04.